The molecule has 0 radical (unpaired) electrons. The average Bonchev–Trinajstić information content (AvgIpc) is 2.91. The van der Waals surface area contributed by atoms with E-state index < -0.39 is 47.7 Å². The number of nitrogens with one attached hydrogen (secondary N) is 4. The van der Waals surface area contributed by atoms with Gasteiger partial charge in [-0.05, 0) is 53.9 Å². The van der Waals surface area contributed by atoms with Gasteiger partial charge in [-0.1, -0.05) is 13.8 Å². The lowest BCUT2D eigenvalue weighted by atomic mass is 9.93. The Hall–Kier alpha value is -4.82. The monoisotopic (exact) mass is 563 g/mol. The van der Waals surface area contributed by atoms with Crippen molar-refractivity contribution in [2.45, 2.75) is 20.0 Å². The van der Waals surface area contributed by atoms with Gasteiger partial charge in [0.15, 0.2) is 6.61 Å². The van der Waals surface area contributed by atoms with Crippen molar-refractivity contribution < 1.29 is 36.7 Å². The van der Waals surface area contributed by atoms with Crippen LogP contribution in [0.15, 0.2) is 54.9 Å². The van der Waals surface area contributed by atoms with Gasteiger partial charge in [-0.2, -0.15) is 23.1 Å². The number of halogens is 4. The van der Waals surface area contributed by atoms with E-state index in [2.05, 4.69) is 41.0 Å². The van der Waals surface area contributed by atoms with E-state index in [0.717, 1.165) is 18.5 Å². The van der Waals surface area contributed by atoms with Crippen LogP contribution in [-0.4, -0.2) is 58.5 Å². The summed E-state index contributed by atoms with van der Waals surface area (Å²) in [5.41, 5.74) is 0.413. The summed E-state index contributed by atoms with van der Waals surface area (Å²) in [5.74, 6) is -2.73. The van der Waals surface area contributed by atoms with E-state index in [0.29, 0.717) is 11.3 Å². The van der Waals surface area contributed by atoms with E-state index in [-0.39, 0.29) is 24.7 Å². The molecule has 212 valence electrons. The van der Waals surface area contributed by atoms with Crippen molar-refractivity contribution in [3.05, 3.63) is 66.2 Å². The first-order chi connectivity index (χ1) is 18.8. The van der Waals surface area contributed by atoms with Gasteiger partial charge < -0.3 is 26.0 Å². The van der Waals surface area contributed by atoms with Crippen LogP contribution in [0, 0.1) is 11.2 Å². The number of amides is 3. The van der Waals surface area contributed by atoms with Crippen LogP contribution in [0.2, 0.25) is 0 Å². The van der Waals surface area contributed by atoms with Gasteiger partial charge >= 0.3 is 24.0 Å². The van der Waals surface area contributed by atoms with E-state index in [4.69, 9.17) is 0 Å². The van der Waals surface area contributed by atoms with Crippen LogP contribution in [-0.2, 0) is 9.59 Å². The van der Waals surface area contributed by atoms with E-state index in [9.17, 15) is 31.9 Å². The number of ether oxygens (including phenoxy) is 1. The molecular formula is C25H25F4N7O4. The number of alkyl halides is 3. The molecule has 0 unspecified atom stereocenters. The highest BCUT2D eigenvalue weighted by Gasteiger charge is 2.29. The van der Waals surface area contributed by atoms with Crippen LogP contribution in [0.4, 0.5) is 34.9 Å². The highest BCUT2D eigenvalue weighted by atomic mass is 19.4. The summed E-state index contributed by atoms with van der Waals surface area (Å²) in [6.45, 7) is 2.25. The van der Waals surface area contributed by atoms with Gasteiger partial charge in [0.1, 0.15) is 12.1 Å². The smallest absolute Gasteiger partial charge is 0.422 e. The standard InChI is InChI=1S/C25H25F4N7O4/c1-24(2,12-31-20(38)21(39)34-17-9-5-16(26)6-10-17)11-30-19(37)15-3-7-18(8-4-15)35-22-32-14-33-23(36-22)40-13-25(27,28)29/h3-10,14H,11-13H2,1-2H3,(H,30,37)(H,31,38)(H,34,39)(H,32,33,35,36). The first kappa shape index (κ1) is 29.7. The number of nitrogens with zero attached hydrogens (tertiary/aromatic N) is 3. The zero-order valence-corrected chi connectivity index (χ0v) is 21.3. The Bertz CT molecular complexity index is 1330. The highest BCUT2D eigenvalue weighted by Crippen LogP contribution is 2.18. The van der Waals surface area contributed by atoms with Crippen LogP contribution in [0.3, 0.4) is 0 Å². The minimum atomic E-state index is -4.54. The maximum absolute atomic E-state index is 13.0. The van der Waals surface area contributed by atoms with Crippen LogP contribution >= 0.6 is 0 Å². The highest BCUT2D eigenvalue weighted by molar-refractivity contribution is 6.39. The maximum Gasteiger partial charge on any atom is 0.422 e. The minimum Gasteiger partial charge on any atom is -0.454 e. The van der Waals surface area contributed by atoms with Crippen molar-refractivity contribution in [1.82, 2.24) is 25.6 Å². The number of hydrogen-bond acceptors (Lipinski definition) is 8. The molecule has 0 aliphatic heterocycles. The SMILES string of the molecule is CC(C)(CNC(=O)C(=O)Nc1ccc(F)cc1)CNC(=O)c1ccc(Nc2ncnc(OCC(F)(F)F)n2)cc1. The number of hydrogen-bond donors (Lipinski definition) is 4. The molecule has 3 amide bonds. The summed E-state index contributed by atoms with van der Waals surface area (Å²) in [4.78, 5) is 47.8. The fourth-order valence-corrected chi connectivity index (χ4v) is 3.00. The molecule has 1 heterocycles. The van der Waals surface area contributed by atoms with Crippen LogP contribution in [0.5, 0.6) is 6.01 Å². The topological polar surface area (TPSA) is 147 Å². The summed E-state index contributed by atoms with van der Waals surface area (Å²) < 4.78 is 54.4. The molecule has 4 N–H and O–H groups in total. The molecule has 0 saturated carbocycles. The first-order valence-electron chi connectivity index (χ1n) is 11.7. The van der Waals surface area contributed by atoms with Crippen LogP contribution in [0.25, 0.3) is 0 Å². The molecule has 0 atom stereocenters. The minimum absolute atomic E-state index is 0.0560. The lowest BCUT2D eigenvalue weighted by Crippen LogP contribution is -2.44. The van der Waals surface area contributed by atoms with Crippen molar-refractivity contribution in [2.75, 3.05) is 30.3 Å². The van der Waals surface area contributed by atoms with Crippen molar-refractivity contribution in [2.24, 2.45) is 5.41 Å². The fraction of sp³-hybridized carbons (Fsp3) is 0.280. The molecule has 0 aliphatic rings. The molecule has 0 bridgehead atoms. The second-order valence-corrected chi connectivity index (χ2v) is 9.19. The third kappa shape index (κ3) is 9.81. The lowest BCUT2D eigenvalue weighted by molar-refractivity contribution is -0.154. The Morgan fingerprint density at radius 2 is 1.48 bits per heavy atom. The number of carbonyl (C=O) groups excluding carboxylic acids is 3. The lowest BCUT2D eigenvalue weighted by Gasteiger charge is -2.25. The Balaban J connectivity index is 1.45. The zero-order chi connectivity index (χ0) is 29.3. The molecule has 3 rings (SSSR count). The molecule has 0 fully saturated rings. The van der Waals surface area contributed by atoms with Gasteiger partial charge in [-0.25, -0.2) is 9.37 Å². The molecular weight excluding hydrogens is 538 g/mol. The van der Waals surface area contributed by atoms with Crippen LogP contribution < -0.4 is 26.0 Å². The Morgan fingerprint density at radius 1 is 0.850 bits per heavy atom. The maximum atomic E-state index is 13.0. The van der Waals surface area contributed by atoms with Crippen molar-refractivity contribution in [1.29, 1.82) is 0 Å². The molecule has 40 heavy (non-hydrogen) atoms. The Labute approximate surface area is 225 Å². The normalized spacial score (nSPS) is 11.3. The summed E-state index contributed by atoms with van der Waals surface area (Å²) in [6.07, 6.45) is -3.55. The van der Waals surface area contributed by atoms with Crippen LogP contribution in [0.1, 0.15) is 24.2 Å². The second-order valence-electron chi connectivity index (χ2n) is 9.19. The number of anilines is 3. The van der Waals surface area contributed by atoms with Gasteiger partial charge in [-0.15, -0.1) is 0 Å². The van der Waals surface area contributed by atoms with Gasteiger partial charge in [0.05, 0.1) is 0 Å². The second kappa shape index (κ2) is 12.8. The summed E-state index contributed by atoms with van der Waals surface area (Å²) in [6, 6.07) is 10.5. The van der Waals surface area contributed by atoms with Gasteiger partial charge in [-0.3, -0.25) is 14.4 Å². The summed E-state index contributed by atoms with van der Waals surface area (Å²) in [7, 11) is 0. The Kier molecular flexibility index (Phi) is 9.53. The van der Waals surface area contributed by atoms with E-state index >= 15 is 0 Å². The van der Waals surface area contributed by atoms with Gasteiger partial charge in [0.25, 0.3) is 5.91 Å². The third-order valence-corrected chi connectivity index (χ3v) is 5.08. The predicted octanol–water partition coefficient (Wildman–Crippen LogP) is 3.21. The molecule has 2 aromatic carbocycles. The average molecular weight is 564 g/mol. The van der Waals surface area contributed by atoms with E-state index in [1.807, 2.05) is 0 Å². The number of rotatable bonds is 10. The molecule has 0 spiro atoms. The van der Waals surface area contributed by atoms with Gasteiger partial charge in [0, 0.05) is 30.0 Å². The summed E-state index contributed by atoms with van der Waals surface area (Å²) in [5, 5.41) is 10.4. The first-order valence-corrected chi connectivity index (χ1v) is 11.7. The quantitative estimate of drug-likeness (QED) is 0.217. The molecule has 3 aromatic rings. The largest absolute Gasteiger partial charge is 0.454 e. The van der Waals surface area contributed by atoms with Gasteiger partial charge in [0.2, 0.25) is 5.95 Å². The van der Waals surface area contributed by atoms with Crippen molar-refractivity contribution in [3.8, 4) is 6.01 Å². The number of aromatic nitrogens is 3. The number of benzene rings is 2. The molecule has 0 saturated heterocycles. The molecule has 15 heteroatoms. The van der Waals surface area contributed by atoms with Crippen molar-refractivity contribution in [3.63, 3.8) is 0 Å². The Morgan fingerprint density at radius 3 is 2.12 bits per heavy atom. The van der Waals surface area contributed by atoms with Crippen molar-refractivity contribution >= 4 is 35.0 Å². The summed E-state index contributed by atoms with van der Waals surface area (Å²) >= 11 is 0. The predicted molar refractivity (Wildman–Crippen MR) is 135 cm³/mol. The molecule has 1 aromatic heterocycles. The van der Waals surface area contributed by atoms with E-state index in [1.54, 1.807) is 26.0 Å². The fourth-order valence-electron chi connectivity index (χ4n) is 3.00. The number of carbonyl (C=O) groups is 3. The third-order valence-electron chi connectivity index (χ3n) is 5.08. The van der Waals surface area contributed by atoms with E-state index in [1.165, 1.54) is 24.3 Å². The zero-order valence-electron chi connectivity index (χ0n) is 21.3. The molecule has 11 nitrogen and oxygen atoms in total. The molecule has 0 aliphatic carbocycles.